The molecule has 0 aromatic carbocycles. The lowest BCUT2D eigenvalue weighted by molar-refractivity contribution is -0.870. The van der Waals surface area contributed by atoms with Crippen molar-refractivity contribution in [3.05, 3.63) is 36.5 Å². The van der Waals surface area contributed by atoms with Gasteiger partial charge in [0.25, 0.3) is 0 Å². The van der Waals surface area contributed by atoms with E-state index in [0.29, 0.717) is 23.9 Å². The Morgan fingerprint density at radius 1 is 0.323 bits per heavy atom. The average molecular weight is 1370 g/mol. The van der Waals surface area contributed by atoms with E-state index in [0.717, 1.165) is 44.9 Å². The predicted octanol–water partition coefficient (Wildman–Crippen LogP) is 28.5. The molecule has 1 N–H and O–H groups in total. The zero-order valence-electron chi connectivity index (χ0n) is 65.2. The molecule has 0 aliphatic heterocycles. The van der Waals surface area contributed by atoms with Gasteiger partial charge >= 0.3 is 19.8 Å². The number of carbonyl (C=O) groups is 2. The zero-order chi connectivity index (χ0) is 69.7. The quantitative estimate of drug-likeness (QED) is 0.0211. The highest BCUT2D eigenvalue weighted by molar-refractivity contribution is 7.47. The first-order valence-corrected chi connectivity index (χ1v) is 44.2. The molecule has 0 aliphatic carbocycles. The standard InChI is InChI=1S/C86H166NO8P/c1-6-8-10-12-14-16-18-20-22-24-26-28-30-32-34-36-38-40-41-42-43-44-45-47-49-51-53-55-57-59-61-63-65-67-69-71-73-75-77-79-86(89)95-84(83-94-96(90,91)93-81-80-87(3,4)5)82-92-85(88)78-76-74-72-70-68-66-64-62-60-58-56-54-52-50-48-46-39-37-35-33-31-29-27-25-23-21-19-17-15-13-11-9-7-2/h18,20,24,26,30,32,84H,6-17,19,21-23,25,27-29,31,33-83H2,1-5H3/p+1/b20-18-,26-24-,32-30-. The van der Waals surface area contributed by atoms with E-state index in [1.807, 2.05) is 21.1 Å². The third kappa shape index (κ3) is 81.2. The third-order valence-electron chi connectivity index (χ3n) is 19.7. The number of ether oxygens (including phenoxy) is 2. The number of nitrogens with zero attached hydrogens (tertiary/aromatic N) is 1. The molecule has 0 aromatic rings. The summed E-state index contributed by atoms with van der Waals surface area (Å²) in [5.41, 5.74) is 0. The van der Waals surface area contributed by atoms with Crippen molar-refractivity contribution >= 4 is 19.8 Å². The fourth-order valence-electron chi connectivity index (χ4n) is 13.2. The molecule has 0 bridgehead atoms. The smallest absolute Gasteiger partial charge is 0.462 e. The number of rotatable bonds is 81. The van der Waals surface area contributed by atoms with E-state index < -0.39 is 26.5 Å². The lowest BCUT2D eigenvalue weighted by Crippen LogP contribution is -2.37. The van der Waals surface area contributed by atoms with Crippen LogP contribution in [0.25, 0.3) is 0 Å². The number of hydrogen-bond donors (Lipinski definition) is 1. The Morgan fingerprint density at radius 2 is 0.562 bits per heavy atom. The molecule has 0 saturated heterocycles. The van der Waals surface area contributed by atoms with Gasteiger partial charge in [-0.25, -0.2) is 4.57 Å². The Morgan fingerprint density at radius 3 is 0.833 bits per heavy atom. The molecular formula is C86H167NO8P+. The SMILES string of the molecule is CCCCCCC/C=C\C/C=C\C/C=C\CCCCCCCCCCCCCCCCCCCCCCCCCCC(=O)OC(COC(=O)CCCCCCCCCCCCCCCCCCCCCCCCCCCCCCCCCCC)COP(=O)(O)OCC[N+](C)(C)C. The molecule has 0 aromatic heterocycles. The van der Waals surface area contributed by atoms with Crippen LogP contribution in [0.4, 0.5) is 0 Å². The largest absolute Gasteiger partial charge is 0.472 e. The molecular weight excluding hydrogens is 1210 g/mol. The first-order chi connectivity index (χ1) is 47.0. The van der Waals surface area contributed by atoms with Crippen LogP contribution in [-0.4, -0.2) is 74.9 Å². The summed E-state index contributed by atoms with van der Waals surface area (Å²) < 4.78 is 34.9. The Hall–Kier alpha value is -1.77. The summed E-state index contributed by atoms with van der Waals surface area (Å²) in [4.78, 5) is 36.0. The van der Waals surface area contributed by atoms with Crippen LogP contribution in [0.3, 0.4) is 0 Å². The summed E-state index contributed by atoms with van der Waals surface area (Å²) >= 11 is 0. The van der Waals surface area contributed by atoms with Gasteiger partial charge in [0.1, 0.15) is 19.8 Å². The number of hydrogen-bond acceptors (Lipinski definition) is 7. The van der Waals surface area contributed by atoms with E-state index in [1.54, 1.807) is 0 Å². The van der Waals surface area contributed by atoms with Gasteiger partial charge in [-0.15, -0.1) is 0 Å². The molecule has 96 heavy (non-hydrogen) atoms. The van der Waals surface area contributed by atoms with E-state index in [1.165, 1.54) is 372 Å². The molecule has 0 saturated carbocycles. The van der Waals surface area contributed by atoms with Crippen molar-refractivity contribution in [1.82, 2.24) is 0 Å². The van der Waals surface area contributed by atoms with Crippen molar-refractivity contribution in [2.24, 2.45) is 0 Å². The van der Waals surface area contributed by atoms with Gasteiger partial charge in [-0.05, 0) is 51.4 Å². The highest BCUT2D eigenvalue weighted by Crippen LogP contribution is 2.43. The summed E-state index contributed by atoms with van der Waals surface area (Å²) in [5.74, 6) is -0.768. The van der Waals surface area contributed by atoms with Gasteiger partial charge < -0.3 is 18.9 Å². The molecule has 0 aliphatic rings. The van der Waals surface area contributed by atoms with Crippen LogP contribution in [0.5, 0.6) is 0 Å². The number of allylic oxidation sites excluding steroid dienone is 6. The van der Waals surface area contributed by atoms with Gasteiger partial charge in [0.2, 0.25) is 0 Å². The second-order valence-electron chi connectivity index (χ2n) is 30.6. The monoisotopic (exact) mass is 1370 g/mol. The van der Waals surface area contributed by atoms with Crippen LogP contribution < -0.4 is 0 Å². The molecule has 2 unspecified atom stereocenters. The third-order valence-corrected chi connectivity index (χ3v) is 20.7. The summed E-state index contributed by atoms with van der Waals surface area (Å²) in [6.45, 7) is 4.52. The molecule has 568 valence electrons. The van der Waals surface area contributed by atoms with Crippen LogP contribution in [-0.2, 0) is 32.7 Å². The number of carbonyl (C=O) groups excluding carboxylic acids is 2. The number of esters is 2. The van der Waals surface area contributed by atoms with E-state index in [4.69, 9.17) is 18.5 Å². The zero-order valence-corrected chi connectivity index (χ0v) is 66.0. The van der Waals surface area contributed by atoms with Crippen molar-refractivity contribution < 1.29 is 42.1 Å². The van der Waals surface area contributed by atoms with Gasteiger partial charge in [-0.3, -0.25) is 18.6 Å². The fourth-order valence-corrected chi connectivity index (χ4v) is 13.9. The maximum atomic E-state index is 12.9. The first kappa shape index (κ1) is 94.2. The molecule has 0 rings (SSSR count). The molecule has 0 amide bonds. The lowest BCUT2D eigenvalue weighted by Gasteiger charge is -2.24. The second kappa shape index (κ2) is 77.4. The van der Waals surface area contributed by atoms with Gasteiger partial charge in [0.15, 0.2) is 6.10 Å². The van der Waals surface area contributed by atoms with Gasteiger partial charge in [0, 0.05) is 12.8 Å². The van der Waals surface area contributed by atoms with Crippen molar-refractivity contribution in [2.75, 3.05) is 47.5 Å². The summed E-state index contributed by atoms with van der Waals surface area (Å²) in [7, 11) is 1.51. The van der Waals surface area contributed by atoms with E-state index in [-0.39, 0.29) is 25.6 Å². The fraction of sp³-hybridized carbons (Fsp3) is 0.907. The number of quaternary nitrogens is 1. The average Bonchev–Trinajstić information content (AvgIpc) is 1.98. The summed E-state index contributed by atoms with van der Waals surface area (Å²) in [6, 6.07) is 0. The van der Waals surface area contributed by atoms with Gasteiger partial charge in [-0.1, -0.05) is 423 Å². The van der Waals surface area contributed by atoms with E-state index in [9.17, 15) is 19.0 Å². The topological polar surface area (TPSA) is 108 Å². The summed E-state index contributed by atoms with van der Waals surface area (Å²) in [5, 5.41) is 0. The number of likely N-dealkylation sites (N-methyl/N-ethyl adjacent to an activating group) is 1. The first-order valence-electron chi connectivity index (χ1n) is 42.7. The van der Waals surface area contributed by atoms with Crippen molar-refractivity contribution in [3.63, 3.8) is 0 Å². The molecule has 2 atom stereocenters. The summed E-state index contributed by atoms with van der Waals surface area (Å²) in [6.07, 6.45) is 102. The van der Waals surface area contributed by atoms with Crippen LogP contribution in [0.1, 0.15) is 450 Å². The van der Waals surface area contributed by atoms with Crippen LogP contribution in [0.15, 0.2) is 36.5 Å². The normalized spacial score (nSPS) is 13.1. The Labute approximate surface area is 599 Å². The van der Waals surface area contributed by atoms with Crippen molar-refractivity contribution in [1.29, 1.82) is 0 Å². The van der Waals surface area contributed by atoms with Crippen LogP contribution in [0.2, 0.25) is 0 Å². The Balaban J connectivity index is 3.87. The van der Waals surface area contributed by atoms with Crippen molar-refractivity contribution in [3.8, 4) is 0 Å². The predicted molar refractivity (Wildman–Crippen MR) is 418 cm³/mol. The number of phosphoric acid groups is 1. The second-order valence-corrected chi connectivity index (χ2v) is 32.0. The minimum atomic E-state index is -4.39. The molecule has 9 nitrogen and oxygen atoms in total. The minimum absolute atomic E-state index is 0.0359. The Bertz CT molecular complexity index is 1710. The molecule has 0 fully saturated rings. The maximum absolute atomic E-state index is 12.9. The number of unbranched alkanes of at least 4 members (excludes halogenated alkanes) is 61. The number of phosphoric ester groups is 1. The van der Waals surface area contributed by atoms with Gasteiger partial charge in [0.05, 0.1) is 27.7 Å². The van der Waals surface area contributed by atoms with Crippen molar-refractivity contribution in [2.45, 2.75) is 457 Å². The minimum Gasteiger partial charge on any atom is -0.462 e. The Kier molecular flexibility index (Phi) is 76.0. The maximum Gasteiger partial charge on any atom is 0.472 e. The van der Waals surface area contributed by atoms with E-state index >= 15 is 0 Å². The van der Waals surface area contributed by atoms with Crippen LogP contribution in [0, 0.1) is 0 Å². The van der Waals surface area contributed by atoms with Gasteiger partial charge in [-0.2, -0.15) is 0 Å². The van der Waals surface area contributed by atoms with Crippen LogP contribution >= 0.6 is 7.82 Å². The molecule has 0 radical (unpaired) electrons. The highest BCUT2D eigenvalue weighted by Gasteiger charge is 2.27. The van der Waals surface area contributed by atoms with E-state index in [2.05, 4.69) is 50.3 Å². The molecule has 0 spiro atoms. The molecule has 10 heteroatoms. The molecule has 0 heterocycles. The lowest BCUT2D eigenvalue weighted by atomic mass is 10.0. The highest BCUT2D eigenvalue weighted by atomic mass is 31.2.